The molecule has 0 radical (unpaired) electrons. The zero-order valence-electron chi connectivity index (χ0n) is 6.01. The summed E-state index contributed by atoms with van der Waals surface area (Å²) in [6, 6.07) is 0.169. The predicted molar refractivity (Wildman–Crippen MR) is 48.0 cm³/mol. The lowest BCUT2D eigenvalue weighted by molar-refractivity contribution is 0.210. The Balaban J connectivity index is 2.41. The van der Waals surface area contributed by atoms with Gasteiger partial charge >= 0.3 is 6.03 Å². The summed E-state index contributed by atoms with van der Waals surface area (Å²) < 4.78 is 1.73. The third kappa shape index (κ3) is 1.53. The minimum absolute atomic E-state index is 0.169. The van der Waals surface area contributed by atoms with Gasteiger partial charge in [0.05, 0.1) is 29.4 Å². The fourth-order valence-electron chi connectivity index (χ4n) is 1.03. The number of carbonyl (C=O) groups excluding carboxylic acids is 1. The topological polar surface area (TPSA) is 23.6 Å². The third-order valence-corrected chi connectivity index (χ3v) is 2.43. The van der Waals surface area contributed by atoms with Crippen molar-refractivity contribution >= 4 is 28.9 Å². The Morgan fingerprint density at radius 1 is 1.60 bits per heavy atom. The smallest absolute Gasteiger partial charge is 0.322 e. The number of urea groups is 1. The molecule has 0 bridgehead atoms. The number of carbonyl (C=O) groups is 1. The van der Waals surface area contributed by atoms with Crippen molar-refractivity contribution in [2.75, 3.05) is 19.6 Å². The van der Waals surface area contributed by atoms with Crippen LogP contribution in [-0.4, -0.2) is 33.7 Å². The van der Waals surface area contributed by atoms with Gasteiger partial charge < -0.3 is 4.90 Å². The summed E-state index contributed by atoms with van der Waals surface area (Å²) >= 11 is 2.05. The van der Waals surface area contributed by atoms with E-state index in [4.69, 9.17) is 0 Å². The SMILES string of the molecule is CCCN1CCN(I)C1=O. The normalized spacial score (nSPS) is 18.8. The van der Waals surface area contributed by atoms with Crippen LogP contribution in [0, 0.1) is 0 Å². The minimum Gasteiger partial charge on any atom is -0.322 e. The van der Waals surface area contributed by atoms with Crippen LogP contribution in [0.25, 0.3) is 0 Å². The van der Waals surface area contributed by atoms with Gasteiger partial charge in [0.15, 0.2) is 0 Å². The highest BCUT2D eigenvalue weighted by Gasteiger charge is 2.25. The number of halogens is 1. The molecule has 0 N–H and O–H groups in total. The minimum atomic E-state index is 0.169. The molecule has 10 heavy (non-hydrogen) atoms. The van der Waals surface area contributed by atoms with Gasteiger partial charge in [0.1, 0.15) is 0 Å². The van der Waals surface area contributed by atoms with Crippen molar-refractivity contribution in [1.82, 2.24) is 8.01 Å². The van der Waals surface area contributed by atoms with E-state index in [1.54, 1.807) is 3.11 Å². The number of nitrogens with zero attached hydrogens (tertiary/aromatic N) is 2. The van der Waals surface area contributed by atoms with Crippen molar-refractivity contribution in [3.8, 4) is 0 Å². The lowest BCUT2D eigenvalue weighted by atomic mass is 10.4. The first-order chi connectivity index (χ1) is 4.75. The summed E-state index contributed by atoms with van der Waals surface area (Å²) in [5, 5.41) is 0. The quantitative estimate of drug-likeness (QED) is 0.541. The van der Waals surface area contributed by atoms with Crippen LogP contribution in [0.1, 0.15) is 13.3 Å². The highest BCUT2D eigenvalue weighted by molar-refractivity contribution is 14.1. The summed E-state index contributed by atoms with van der Waals surface area (Å²) in [4.78, 5) is 13.0. The van der Waals surface area contributed by atoms with Gasteiger partial charge in [-0.3, -0.25) is 3.11 Å². The van der Waals surface area contributed by atoms with Gasteiger partial charge in [-0.2, -0.15) is 0 Å². The Kier molecular flexibility index (Phi) is 2.76. The van der Waals surface area contributed by atoms with Crippen LogP contribution in [-0.2, 0) is 0 Å². The van der Waals surface area contributed by atoms with Crippen LogP contribution in [0.4, 0.5) is 4.79 Å². The summed E-state index contributed by atoms with van der Waals surface area (Å²) in [7, 11) is 0. The first-order valence-electron chi connectivity index (χ1n) is 3.48. The maximum absolute atomic E-state index is 11.1. The van der Waals surface area contributed by atoms with Gasteiger partial charge in [-0.25, -0.2) is 4.79 Å². The Morgan fingerprint density at radius 2 is 2.30 bits per heavy atom. The van der Waals surface area contributed by atoms with Gasteiger partial charge in [0.25, 0.3) is 0 Å². The standard InChI is InChI=1S/C6H11IN2O/c1-2-3-8-4-5-9(7)6(8)10/h2-5H2,1H3. The zero-order chi connectivity index (χ0) is 7.56. The first kappa shape index (κ1) is 8.10. The summed E-state index contributed by atoms with van der Waals surface area (Å²) in [6.45, 7) is 4.76. The molecular formula is C6H11IN2O. The van der Waals surface area contributed by atoms with E-state index < -0.39 is 0 Å². The van der Waals surface area contributed by atoms with E-state index in [0.29, 0.717) is 0 Å². The van der Waals surface area contributed by atoms with Crippen LogP contribution < -0.4 is 0 Å². The molecule has 3 nitrogen and oxygen atoms in total. The molecule has 0 aromatic carbocycles. The average molecular weight is 254 g/mol. The Hall–Kier alpha value is -0.0000000000000000555. The lowest BCUT2D eigenvalue weighted by Crippen LogP contribution is -2.27. The summed E-state index contributed by atoms with van der Waals surface area (Å²) in [5.41, 5.74) is 0. The van der Waals surface area contributed by atoms with Crippen LogP contribution in [0.15, 0.2) is 0 Å². The molecule has 1 aliphatic rings. The molecule has 58 valence electrons. The lowest BCUT2D eigenvalue weighted by Gasteiger charge is -2.12. The van der Waals surface area contributed by atoms with Gasteiger partial charge in [-0.15, -0.1) is 0 Å². The van der Waals surface area contributed by atoms with Crippen molar-refractivity contribution < 1.29 is 4.79 Å². The first-order valence-corrected chi connectivity index (χ1v) is 4.44. The summed E-state index contributed by atoms with van der Waals surface area (Å²) in [5.74, 6) is 0. The molecule has 1 rings (SSSR count). The Bertz CT molecular complexity index is 138. The van der Waals surface area contributed by atoms with Gasteiger partial charge in [-0.1, -0.05) is 6.92 Å². The maximum atomic E-state index is 11.1. The molecule has 0 aliphatic carbocycles. The molecule has 4 heteroatoms. The fraction of sp³-hybridized carbons (Fsp3) is 0.833. The van der Waals surface area contributed by atoms with Gasteiger partial charge in [0.2, 0.25) is 0 Å². The molecule has 0 unspecified atom stereocenters. The van der Waals surface area contributed by atoms with Crippen LogP contribution in [0.2, 0.25) is 0 Å². The molecular weight excluding hydrogens is 243 g/mol. The van der Waals surface area contributed by atoms with E-state index in [-0.39, 0.29) is 6.03 Å². The number of hydrogen-bond donors (Lipinski definition) is 0. The van der Waals surface area contributed by atoms with E-state index >= 15 is 0 Å². The van der Waals surface area contributed by atoms with Crippen molar-refractivity contribution in [1.29, 1.82) is 0 Å². The number of hydrogen-bond acceptors (Lipinski definition) is 1. The van der Waals surface area contributed by atoms with Crippen LogP contribution in [0.3, 0.4) is 0 Å². The highest BCUT2D eigenvalue weighted by atomic mass is 127. The second-order valence-corrected chi connectivity index (χ2v) is 3.52. The van der Waals surface area contributed by atoms with E-state index in [0.717, 1.165) is 26.1 Å². The average Bonchev–Trinajstić information content (AvgIpc) is 2.20. The monoisotopic (exact) mass is 254 g/mol. The second kappa shape index (κ2) is 3.41. The van der Waals surface area contributed by atoms with Crippen molar-refractivity contribution in [3.63, 3.8) is 0 Å². The molecule has 1 heterocycles. The van der Waals surface area contributed by atoms with E-state index in [1.165, 1.54) is 0 Å². The molecule has 0 spiro atoms. The second-order valence-electron chi connectivity index (χ2n) is 2.36. The fourth-order valence-corrected chi connectivity index (χ4v) is 1.55. The molecule has 0 aromatic heterocycles. The predicted octanol–water partition coefficient (Wildman–Crippen LogP) is 1.48. The number of rotatable bonds is 2. The van der Waals surface area contributed by atoms with E-state index in [2.05, 4.69) is 29.8 Å². The van der Waals surface area contributed by atoms with Crippen molar-refractivity contribution in [3.05, 3.63) is 0 Å². The molecule has 0 saturated carbocycles. The van der Waals surface area contributed by atoms with Crippen LogP contribution >= 0.6 is 22.9 Å². The van der Waals surface area contributed by atoms with Crippen molar-refractivity contribution in [2.24, 2.45) is 0 Å². The van der Waals surface area contributed by atoms with Crippen molar-refractivity contribution in [2.45, 2.75) is 13.3 Å². The molecule has 2 amide bonds. The molecule has 0 atom stereocenters. The molecule has 1 aliphatic heterocycles. The van der Waals surface area contributed by atoms with Gasteiger partial charge in [-0.05, 0) is 6.42 Å². The molecule has 1 fully saturated rings. The molecule has 0 aromatic rings. The number of amides is 2. The Labute approximate surface area is 74.9 Å². The highest BCUT2D eigenvalue weighted by Crippen LogP contribution is 2.12. The largest absolute Gasteiger partial charge is 0.328 e. The molecule has 1 saturated heterocycles. The van der Waals surface area contributed by atoms with Gasteiger partial charge in [0, 0.05) is 13.1 Å². The maximum Gasteiger partial charge on any atom is 0.328 e. The van der Waals surface area contributed by atoms with E-state index in [1.807, 2.05) is 4.90 Å². The zero-order valence-corrected chi connectivity index (χ0v) is 8.17. The summed E-state index contributed by atoms with van der Waals surface area (Å²) in [6.07, 6.45) is 1.05. The van der Waals surface area contributed by atoms with Crippen LogP contribution in [0.5, 0.6) is 0 Å². The third-order valence-electron chi connectivity index (χ3n) is 1.54. The Morgan fingerprint density at radius 3 is 2.70 bits per heavy atom. The van der Waals surface area contributed by atoms with E-state index in [9.17, 15) is 4.79 Å².